The number of nitrogens with one attached hydrogen (secondary N) is 1. The number of rotatable bonds is 5. The van der Waals surface area contributed by atoms with Gasteiger partial charge in [0.2, 0.25) is 15.9 Å². The third-order valence-corrected chi connectivity index (χ3v) is 6.18. The van der Waals surface area contributed by atoms with Gasteiger partial charge in [0.05, 0.1) is 18.5 Å². The third-order valence-electron chi connectivity index (χ3n) is 3.95. The zero-order valence-electron chi connectivity index (χ0n) is 13.3. The average molecular weight is 365 g/mol. The van der Waals surface area contributed by atoms with Crippen LogP contribution in [-0.4, -0.2) is 42.5 Å². The molecule has 1 N–H and O–H groups in total. The lowest BCUT2D eigenvalue weighted by molar-refractivity contribution is -0.124. The van der Waals surface area contributed by atoms with Crippen molar-refractivity contribution in [1.29, 1.82) is 0 Å². The van der Waals surface area contributed by atoms with E-state index in [1.165, 1.54) is 15.6 Å². The fourth-order valence-electron chi connectivity index (χ4n) is 2.80. The molecule has 128 valence electrons. The molecule has 1 atom stereocenters. The van der Waals surface area contributed by atoms with Crippen LogP contribution in [0.5, 0.6) is 0 Å². The minimum atomic E-state index is -3.35. The van der Waals surface area contributed by atoms with E-state index in [-0.39, 0.29) is 5.91 Å². The lowest BCUT2D eigenvalue weighted by atomic mass is 10.2. The number of amides is 1. The van der Waals surface area contributed by atoms with E-state index in [1.54, 1.807) is 0 Å². The standard InChI is InChI=1S/C16H19N3O3S2/c1-24(21,22)19-9-5-8-14(19)15(20)17-10-13-11-23-16(18-13)12-6-3-2-4-7-12/h2-4,6-7,11,14H,5,8-10H2,1H3,(H,17,20). The van der Waals surface area contributed by atoms with Crippen LogP contribution in [0.2, 0.25) is 0 Å². The molecule has 1 aliphatic rings. The maximum atomic E-state index is 12.3. The highest BCUT2D eigenvalue weighted by atomic mass is 32.2. The smallest absolute Gasteiger partial charge is 0.238 e. The highest BCUT2D eigenvalue weighted by molar-refractivity contribution is 7.88. The maximum Gasteiger partial charge on any atom is 0.238 e. The van der Waals surface area contributed by atoms with Crippen molar-refractivity contribution < 1.29 is 13.2 Å². The van der Waals surface area contributed by atoms with Crippen LogP contribution >= 0.6 is 11.3 Å². The van der Waals surface area contributed by atoms with Crippen LogP contribution in [-0.2, 0) is 21.4 Å². The molecule has 0 aliphatic carbocycles. The third kappa shape index (κ3) is 3.82. The van der Waals surface area contributed by atoms with E-state index in [0.717, 1.165) is 22.5 Å². The molecule has 6 nitrogen and oxygen atoms in total. The molecule has 0 saturated carbocycles. The summed E-state index contributed by atoms with van der Waals surface area (Å²) < 4.78 is 24.7. The van der Waals surface area contributed by atoms with Crippen LogP contribution in [0.15, 0.2) is 35.7 Å². The molecule has 1 unspecified atom stereocenters. The number of carbonyl (C=O) groups excluding carboxylic acids is 1. The zero-order chi connectivity index (χ0) is 17.2. The average Bonchev–Trinajstić information content (AvgIpc) is 3.22. The summed E-state index contributed by atoms with van der Waals surface area (Å²) in [6.45, 7) is 0.710. The summed E-state index contributed by atoms with van der Waals surface area (Å²) in [5, 5.41) is 5.62. The number of sulfonamides is 1. The van der Waals surface area contributed by atoms with Crippen molar-refractivity contribution in [2.45, 2.75) is 25.4 Å². The molecule has 1 amide bonds. The zero-order valence-corrected chi connectivity index (χ0v) is 14.9. The van der Waals surface area contributed by atoms with Crippen LogP contribution in [0.4, 0.5) is 0 Å². The molecule has 0 spiro atoms. The van der Waals surface area contributed by atoms with Gasteiger partial charge in [0.15, 0.2) is 0 Å². The Morgan fingerprint density at radius 2 is 2.12 bits per heavy atom. The number of benzene rings is 1. The van der Waals surface area contributed by atoms with E-state index in [0.29, 0.717) is 25.9 Å². The molecular formula is C16H19N3O3S2. The van der Waals surface area contributed by atoms with E-state index >= 15 is 0 Å². The van der Waals surface area contributed by atoms with Gasteiger partial charge in [-0.15, -0.1) is 11.3 Å². The van der Waals surface area contributed by atoms with E-state index < -0.39 is 16.1 Å². The normalized spacial score (nSPS) is 18.6. The minimum Gasteiger partial charge on any atom is -0.349 e. The Kier molecular flexibility index (Phi) is 4.98. The highest BCUT2D eigenvalue weighted by Crippen LogP contribution is 2.24. The first-order valence-corrected chi connectivity index (χ1v) is 10.4. The lowest BCUT2D eigenvalue weighted by Gasteiger charge is -2.21. The molecule has 24 heavy (non-hydrogen) atoms. The summed E-state index contributed by atoms with van der Waals surface area (Å²) in [7, 11) is -3.35. The second kappa shape index (κ2) is 7.00. The first-order valence-electron chi connectivity index (χ1n) is 7.69. The Balaban J connectivity index is 1.62. The van der Waals surface area contributed by atoms with Crippen LogP contribution in [0.1, 0.15) is 18.5 Å². The van der Waals surface area contributed by atoms with Gasteiger partial charge >= 0.3 is 0 Å². The number of carbonyl (C=O) groups is 1. The number of hydrogen-bond acceptors (Lipinski definition) is 5. The Hall–Kier alpha value is -1.77. The quantitative estimate of drug-likeness (QED) is 0.877. The number of hydrogen-bond donors (Lipinski definition) is 1. The van der Waals surface area contributed by atoms with Crippen molar-refractivity contribution >= 4 is 27.3 Å². The van der Waals surface area contributed by atoms with Gasteiger partial charge < -0.3 is 5.32 Å². The summed E-state index contributed by atoms with van der Waals surface area (Å²) in [5.41, 5.74) is 1.82. The van der Waals surface area contributed by atoms with Crippen molar-refractivity contribution in [3.63, 3.8) is 0 Å². The van der Waals surface area contributed by atoms with Gasteiger partial charge in [0.25, 0.3) is 0 Å². The first-order chi connectivity index (χ1) is 11.4. The molecule has 1 aliphatic heterocycles. The molecule has 1 aromatic carbocycles. The van der Waals surface area contributed by atoms with Crippen LogP contribution < -0.4 is 5.32 Å². The van der Waals surface area contributed by atoms with Gasteiger partial charge in [-0.25, -0.2) is 13.4 Å². The number of thiazole rings is 1. The van der Waals surface area contributed by atoms with E-state index in [1.807, 2.05) is 35.7 Å². The highest BCUT2D eigenvalue weighted by Gasteiger charge is 2.36. The first kappa shape index (κ1) is 17.1. The van der Waals surface area contributed by atoms with Crippen molar-refractivity contribution in [3.05, 3.63) is 41.4 Å². The predicted molar refractivity (Wildman–Crippen MR) is 94.0 cm³/mol. The van der Waals surface area contributed by atoms with Gasteiger partial charge in [0, 0.05) is 17.5 Å². The molecule has 1 fully saturated rings. The fourth-order valence-corrected chi connectivity index (χ4v) is 4.75. The van der Waals surface area contributed by atoms with Crippen molar-refractivity contribution in [1.82, 2.24) is 14.6 Å². The summed E-state index contributed by atoms with van der Waals surface area (Å²) in [4.78, 5) is 16.8. The summed E-state index contributed by atoms with van der Waals surface area (Å²) in [5.74, 6) is -0.257. The van der Waals surface area contributed by atoms with Crippen molar-refractivity contribution in [2.75, 3.05) is 12.8 Å². The number of nitrogens with zero attached hydrogens (tertiary/aromatic N) is 2. The van der Waals surface area contributed by atoms with E-state index in [2.05, 4.69) is 10.3 Å². The molecule has 1 saturated heterocycles. The van der Waals surface area contributed by atoms with Gasteiger partial charge in [-0.05, 0) is 12.8 Å². The Morgan fingerprint density at radius 1 is 1.38 bits per heavy atom. The summed E-state index contributed by atoms with van der Waals surface area (Å²) in [6.07, 6.45) is 2.41. The molecule has 1 aromatic heterocycles. The second-order valence-electron chi connectivity index (χ2n) is 5.76. The maximum absolute atomic E-state index is 12.3. The summed E-state index contributed by atoms with van der Waals surface area (Å²) >= 11 is 1.52. The molecule has 0 bridgehead atoms. The monoisotopic (exact) mass is 365 g/mol. The lowest BCUT2D eigenvalue weighted by Crippen LogP contribution is -2.45. The van der Waals surface area contributed by atoms with Gasteiger partial charge in [-0.3, -0.25) is 4.79 Å². The SMILES string of the molecule is CS(=O)(=O)N1CCCC1C(=O)NCc1csc(-c2ccccc2)n1. The minimum absolute atomic E-state index is 0.257. The van der Waals surface area contributed by atoms with Crippen LogP contribution in [0, 0.1) is 0 Å². The molecular weight excluding hydrogens is 346 g/mol. The topological polar surface area (TPSA) is 79.4 Å². The number of aromatic nitrogens is 1. The van der Waals surface area contributed by atoms with Gasteiger partial charge in [-0.2, -0.15) is 4.31 Å². The van der Waals surface area contributed by atoms with Crippen LogP contribution in [0.25, 0.3) is 10.6 Å². The molecule has 2 aromatic rings. The molecule has 2 heterocycles. The van der Waals surface area contributed by atoms with Gasteiger partial charge in [-0.1, -0.05) is 30.3 Å². The Bertz CT molecular complexity index is 818. The Morgan fingerprint density at radius 3 is 2.83 bits per heavy atom. The van der Waals surface area contributed by atoms with E-state index in [4.69, 9.17) is 0 Å². The van der Waals surface area contributed by atoms with E-state index in [9.17, 15) is 13.2 Å². The molecule has 3 rings (SSSR count). The Labute approximate surface area is 145 Å². The molecule has 8 heteroatoms. The fraction of sp³-hybridized carbons (Fsp3) is 0.375. The summed E-state index contributed by atoms with van der Waals surface area (Å²) in [6, 6.07) is 9.24. The molecule has 0 radical (unpaired) electrons. The van der Waals surface area contributed by atoms with Crippen LogP contribution in [0.3, 0.4) is 0 Å². The predicted octanol–water partition coefficient (Wildman–Crippen LogP) is 1.85. The van der Waals surface area contributed by atoms with Gasteiger partial charge in [0.1, 0.15) is 11.0 Å². The van der Waals surface area contributed by atoms with Crippen molar-refractivity contribution in [2.24, 2.45) is 0 Å². The second-order valence-corrected chi connectivity index (χ2v) is 8.55. The largest absolute Gasteiger partial charge is 0.349 e. The van der Waals surface area contributed by atoms with Crippen molar-refractivity contribution in [3.8, 4) is 10.6 Å².